The molecule has 0 radical (unpaired) electrons. The summed E-state index contributed by atoms with van der Waals surface area (Å²) in [5, 5.41) is 10.4. The second kappa shape index (κ2) is 15.2. The van der Waals surface area contributed by atoms with Crippen LogP contribution in [0.3, 0.4) is 0 Å². The monoisotopic (exact) mass is 818 g/mol. The summed E-state index contributed by atoms with van der Waals surface area (Å²) < 4.78 is 5.04. The van der Waals surface area contributed by atoms with E-state index in [0.29, 0.717) is 0 Å². The Morgan fingerprint density at radius 1 is 0.254 bits per heavy atom. The molecule has 12 rings (SSSR count). The lowest BCUT2D eigenvalue weighted by Gasteiger charge is -2.34. The summed E-state index contributed by atoms with van der Waals surface area (Å²) in [6.07, 6.45) is 0. The fourth-order valence-electron chi connectivity index (χ4n) is 10.4. The van der Waals surface area contributed by atoms with E-state index in [2.05, 4.69) is 264 Å². The van der Waals surface area contributed by atoms with Crippen LogP contribution in [0.2, 0.25) is 0 Å². The van der Waals surface area contributed by atoms with Crippen molar-refractivity contribution in [3.63, 3.8) is 0 Å². The molecule has 2 heterocycles. The van der Waals surface area contributed by atoms with Crippen LogP contribution in [0.1, 0.15) is 0 Å². The Morgan fingerprint density at radius 3 is 1.33 bits per heavy atom. The highest BCUT2D eigenvalue weighted by atomic mass is 28.3. The zero-order valence-electron chi connectivity index (χ0n) is 34.6. The van der Waals surface area contributed by atoms with E-state index >= 15 is 0 Å². The van der Waals surface area contributed by atoms with Gasteiger partial charge in [-0.25, -0.2) is 0 Å². The third kappa shape index (κ3) is 5.78. The van der Waals surface area contributed by atoms with Gasteiger partial charge >= 0.3 is 0 Å². The molecule has 0 spiro atoms. The molecule has 10 aromatic carbocycles. The molecule has 12 aromatic rings. The Hall–Kier alpha value is -7.98. The first-order valence-corrected chi connectivity index (χ1v) is 23.8. The molecule has 296 valence electrons. The third-order valence-corrected chi connectivity index (χ3v) is 17.9. The highest BCUT2D eigenvalue weighted by Gasteiger charge is 2.41. The molecule has 0 aliphatic heterocycles. The molecule has 2 aromatic heterocycles. The minimum absolute atomic E-state index is 1.14. The van der Waals surface area contributed by atoms with Gasteiger partial charge in [0, 0.05) is 27.1 Å². The van der Waals surface area contributed by atoms with Crippen LogP contribution < -0.4 is 20.7 Å². The second-order valence-corrected chi connectivity index (χ2v) is 20.2. The van der Waals surface area contributed by atoms with E-state index in [1.165, 1.54) is 86.6 Å². The van der Waals surface area contributed by atoms with Crippen molar-refractivity contribution in [3.8, 4) is 33.6 Å². The largest absolute Gasteiger partial charge is 0.307 e. The summed E-state index contributed by atoms with van der Waals surface area (Å²) in [5.74, 6) is 0. The Labute approximate surface area is 368 Å². The summed E-state index contributed by atoms with van der Waals surface area (Å²) in [7, 11) is -2.77. The normalized spacial score (nSPS) is 11.8. The number of nitrogens with zero attached hydrogens (tertiary/aromatic N) is 2. The fraction of sp³-hybridized carbons (Fsp3) is 0. The van der Waals surface area contributed by atoms with Crippen molar-refractivity contribution in [3.05, 3.63) is 255 Å². The first-order valence-electron chi connectivity index (χ1n) is 21.8. The molecule has 0 N–H and O–H groups in total. The maximum atomic E-state index is 2.53. The van der Waals surface area contributed by atoms with E-state index < -0.39 is 8.07 Å². The van der Waals surface area contributed by atoms with Crippen LogP contribution >= 0.6 is 0 Å². The third-order valence-electron chi connectivity index (χ3n) is 13.1. The lowest BCUT2D eigenvalue weighted by Crippen LogP contribution is -2.74. The smallest absolute Gasteiger partial charge is 0.179 e. The predicted octanol–water partition coefficient (Wildman–Crippen LogP) is 12.6. The quantitative estimate of drug-likeness (QED) is 0.107. The zero-order chi connectivity index (χ0) is 41.7. The van der Waals surface area contributed by atoms with Crippen LogP contribution in [0.5, 0.6) is 0 Å². The lowest BCUT2D eigenvalue weighted by molar-refractivity contribution is 1.13. The van der Waals surface area contributed by atoms with E-state index in [1.54, 1.807) is 0 Å². The number of rotatable bonds is 8. The summed E-state index contributed by atoms with van der Waals surface area (Å²) in [6.45, 7) is 0. The Kier molecular flexibility index (Phi) is 8.87. The average Bonchev–Trinajstić information content (AvgIpc) is 3.88. The first-order chi connectivity index (χ1) is 31.3. The zero-order valence-corrected chi connectivity index (χ0v) is 35.6. The van der Waals surface area contributed by atoms with E-state index in [4.69, 9.17) is 0 Å². The van der Waals surface area contributed by atoms with Crippen molar-refractivity contribution in [2.75, 3.05) is 0 Å². The van der Waals surface area contributed by atoms with Crippen LogP contribution in [-0.2, 0) is 0 Å². The molecule has 0 unspecified atom stereocenters. The van der Waals surface area contributed by atoms with Gasteiger partial charge in [-0.2, -0.15) is 0 Å². The maximum Gasteiger partial charge on any atom is 0.179 e. The average molecular weight is 819 g/mol. The van der Waals surface area contributed by atoms with Crippen molar-refractivity contribution >= 4 is 72.4 Å². The molecular formula is C60H42N2Si. The molecule has 0 saturated heterocycles. The highest BCUT2D eigenvalue weighted by Crippen LogP contribution is 2.43. The van der Waals surface area contributed by atoms with Gasteiger partial charge in [-0.1, -0.05) is 224 Å². The number of fused-ring (bicyclic) bond motifs is 6. The highest BCUT2D eigenvalue weighted by molar-refractivity contribution is 7.20. The van der Waals surface area contributed by atoms with Gasteiger partial charge in [0.2, 0.25) is 0 Å². The SMILES string of the molecule is c1ccc(-c2ccccc2-c2ccccc2-n2c3ccccc3c3cccc(-n4c5ccccc5c5cc([Si](c6ccccc6)(c6ccccc6)c6ccccc6)ccc54)c32)cc1. The number of hydrogen-bond donors (Lipinski definition) is 0. The topological polar surface area (TPSA) is 9.86 Å². The molecular weight excluding hydrogens is 777 g/mol. The van der Waals surface area contributed by atoms with Gasteiger partial charge in [0.15, 0.2) is 8.07 Å². The molecule has 0 atom stereocenters. The standard InChI is InChI=1S/C60H42N2Si/c1-5-22-43(23-6-1)48-30-13-14-31-49(48)50-32-15-19-37-56(50)62-57-38-20-16-33-51(57)53-35-21-39-59(60(53)62)61-55-36-18-17-34-52(55)54-42-47(40-41-58(54)61)63(44-24-7-2-8-25-44,45-26-9-3-10-27-45)46-28-11-4-12-29-46/h1-42H. The number of aromatic nitrogens is 2. The molecule has 63 heavy (non-hydrogen) atoms. The lowest BCUT2D eigenvalue weighted by atomic mass is 9.93. The molecule has 3 heteroatoms. The predicted molar refractivity (Wildman–Crippen MR) is 270 cm³/mol. The Morgan fingerprint density at radius 2 is 0.698 bits per heavy atom. The summed E-state index contributed by atoms with van der Waals surface area (Å²) >= 11 is 0. The van der Waals surface area contributed by atoms with Crippen LogP contribution in [0, 0.1) is 0 Å². The van der Waals surface area contributed by atoms with Crippen molar-refractivity contribution in [1.29, 1.82) is 0 Å². The number of hydrogen-bond acceptors (Lipinski definition) is 0. The maximum absolute atomic E-state index is 2.77. The molecule has 0 amide bonds. The molecule has 0 bridgehead atoms. The van der Waals surface area contributed by atoms with Gasteiger partial charge in [0.1, 0.15) is 0 Å². The van der Waals surface area contributed by atoms with Gasteiger partial charge < -0.3 is 9.13 Å². The van der Waals surface area contributed by atoms with E-state index in [-0.39, 0.29) is 0 Å². The minimum atomic E-state index is -2.77. The van der Waals surface area contributed by atoms with Gasteiger partial charge in [0.25, 0.3) is 0 Å². The fourth-order valence-corrected chi connectivity index (χ4v) is 15.2. The van der Waals surface area contributed by atoms with Gasteiger partial charge in [-0.15, -0.1) is 0 Å². The van der Waals surface area contributed by atoms with E-state index in [9.17, 15) is 0 Å². The number of para-hydroxylation sites is 4. The number of benzene rings is 10. The molecule has 0 aliphatic rings. The van der Waals surface area contributed by atoms with Crippen LogP contribution in [0.25, 0.3) is 77.2 Å². The Balaban J connectivity index is 1.16. The van der Waals surface area contributed by atoms with Gasteiger partial charge in [0.05, 0.1) is 33.4 Å². The summed E-state index contributed by atoms with van der Waals surface area (Å²) in [6, 6.07) is 94.2. The van der Waals surface area contributed by atoms with Crippen molar-refractivity contribution in [1.82, 2.24) is 9.13 Å². The van der Waals surface area contributed by atoms with Crippen LogP contribution in [0.4, 0.5) is 0 Å². The Bertz CT molecular complexity index is 3510. The van der Waals surface area contributed by atoms with Crippen molar-refractivity contribution in [2.45, 2.75) is 0 Å². The van der Waals surface area contributed by atoms with Gasteiger partial charge in [-0.3, -0.25) is 0 Å². The first kappa shape index (κ1) is 36.8. The molecule has 0 fully saturated rings. The summed E-state index contributed by atoms with van der Waals surface area (Å²) in [4.78, 5) is 0. The van der Waals surface area contributed by atoms with Crippen molar-refractivity contribution in [2.24, 2.45) is 0 Å². The second-order valence-electron chi connectivity index (χ2n) is 16.4. The minimum Gasteiger partial charge on any atom is -0.307 e. The molecule has 2 nitrogen and oxygen atoms in total. The molecule has 0 saturated carbocycles. The van der Waals surface area contributed by atoms with Crippen LogP contribution in [0.15, 0.2) is 255 Å². The van der Waals surface area contributed by atoms with Gasteiger partial charge in [-0.05, 0) is 67.8 Å². The van der Waals surface area contributed by atoms with Crippen LogP contribution in [-0.4, -0.2) is 17.2 Å². The summed E-state index contributed by atoms with van der Waals surface area (Å²) in [5.41, 5.74) is 11.8. The van der Waals surface area contributed by atoms with E-state index in [0.717, 1.165) is 11.4 Å². The molecule has 0 aliphatic carbocycles. The van der Waals surface area contributed by atoms with Crippen molar-refractivity contribution < 1.29 is 0 Å². The van der Waals surface area contributed by atoms with E-state index in [1.807, 2.05) is 0 Å².